The average Bonchev–Trinajstić information content (AvgIpc) is 2.49. The molecule has 132 valence electrons. The van der Waals surface area contributed by atoms with Crippen LogP contribution in [0.25, 0.3) is 0 Å². The van der Waals surface area contributed by atoms with Crippen LogP contribution in [0.4, 0.5) is 0 Å². The maximum Gasteiger partial charge on any atom is 0.253 e. The van der Waals surface area contributed by atoms with Crippen molar-refractivity contribution in [3.63, 3.8) is 0 Å². The Kier molecular flexibility index (Phi) is 7.17. The van der Waals surface area contributed by atoms with Gasteiger partial charge in [0.05, 0.1) is 5.60 Å². The summed E-state index contributed by atoms with van der Waals surface area (Å²) in [5.41, 5.74) is 1.51. The second kappa shape index (κ2) is 8.64. The number of amides is 2. The van der Waals surface area contributed by atoms with Gasteiger partial charge in [-0.1, -0.05) is 17.7 Å². The van der Waals surface area contributed by atoms with Crippen molar-refractivity contribution >= 4 is 11.8 Å². The lowest BCUT2D eigenvalue weighted by atomic mass is 10.1. The van der Waals surface area contributed by atoms with Gasteiger partial charge in [0.15, 0.2) is 0 Å². The molecule has 5 heteroatoms. The summed E-state index contributed by atoms with van der Waals surface area (Å²) < 4.78 is 0. The van der Waals surface area contributed by atoms with Crippen LogP contribution in [0.15, 0.2) is 35.9 Å². The van der Waals surface area contributed by atoms with Crippen molar-refractivity contribution in [1.82, 2.24) is 10.2 Å². The minimum atomic E-state index is -0.930. The number of carbonyl (C=O) groups is 2. The van der Waals surface area contributed by atoms with E-state index in [1.165, 1.54) is 0 Å². The molecule has 0 bridgehead atoms. The highest BCUT2D eigenvalue weighted by molar-refractivity contribution is 5.94. The van der Waals surface area contributed by atoms with Gasteiger partial charge in [-0.05, 0) is 52.3 Å². The molecule has 1 aromatic rings. The fourth-order valence-electron chi connectivity index (χ4n) is 2.24. The van der Waals surface area contributed by atoms with Gasteiger partial charge in [0, 0.05) is 31.3 Å². The van der Waals surface area contributed by atoms with Crippen LogP contribution in [0.3, 0.4) is 0 Å². The Labute approximate surface area is 144 Å². The van der Waals surface area contributed by atoms with Crippen molar-refractivity contribution in [3.8, 4) is 0 Å². The second-order valence-corrected chi connectivity index (χ2v) is 6.77. The quantitative estimate of drug-likeness (QED) is 0.754. The van der Waals surface area contributed by atoms with Gasteiger partial charge in [-0.3, -0.25) is 9.59 Å². The number of hydrogen-bond acceptors (Lipinski definition) is 3. The van der Waals surface area contributed by atoms with E-state index in [0.717, 1.165) is 11.1 Å². The first kappa shape index (κ1) is 19.9. The van der Waals surface area contributed by atoms with Crippen LogP contribution in [0.2, 0.25) is 0 Å². The zero-order valence-electron chi connectivity index (χ0n) is 15.2. The van der Waals surface area contributed by atoms with Gasteiger partial charge >= 0.3 is 0 Å². The monoisotopic (exact) mass is 332 g/mol. The Morgan fingerprint density at radius 3 is 2.25 bits per heavy atom. The van der Waals surface area contributed by atoms with E-state index < -0.39 is 5.60 Å². The Balaban J connectivity index is 2.71. The molecule has 0 aliphatic rings. The molecule has 24 heavy (non-hydrogen) atoms. The van der Waals surface area contributed by atoms with Crippen LogP contribution >= 0.6 is 0 Å². The van der Waals surface area contributed by atoms with Crippen molar-refractivity contribution in [3.05, 3.63) is 47.0 Å². The Morgan fingerprint density at radius 1 is 1.21 bits per heavy atom. The van der Waals surface area contributed by atoms with Gasteiger partial charge in [0.1, 0.15) is 0 Å². The van der Waals surface area contributed by atoms with Crippen LogP contribution < -0.4 is 5.32 Å². The summed E-state index contributed by atoms with van der Waals surface area (Å²) in [6.07, 6.45) is 1.55. The number of likely N-dealkylation sites (N-methyl/N-ethyl adjacent to an activating group) is 1. The van der Waals surface area contributed by atoms with Gasteiger partial charge in [0.25, 0.3) is 5.91 Å². The first-order valence-corrected chi connectivity index (χ1v) is 8.15. The van der Waals surface area contributed by atoms with Crippen LogP contribution in [0.5, 0.6) is 0 Å². The third kappa shape index (κ3) is 6.96. The summed E-state index contributed by atoms with van der Waals surface area (Å²) in [5.74, 6) is -0.239. The molecule has 0 saturated carbocycles. The molecule has 0 spiro atoms. The van der Waals surface area contributed by atoms with E-state index in [1.807, 2.05) is 32.9 Å². The molecule has 0 heterocycles. The van der Waals surface area contributed by atoms with Gasteiger partial charge in [-0.15, -0.1) is 0 Å². The summed E-state index contributed by atoms with van der Waals surface area (Å²) in [6.45, 7) is 10.2. The van der Waals surface area contributed by atoms with Gasteiger partial charge in [-0.2, -0.15) is 0 Å². The smallest absolute Gasteiger partial charge is 0.253 e. The van der Waals surface area contributed by atoms with Crippen molar-refractivity contribution < 1.29 is 14.7 Å². The van der Waals surface area contributed by atoms with E-state index in [9.17, 15) is 14.7 Å². The van der Waals surface area contributed by atoms with Gasteiger partial charge < -0.3 is 15.3 Å². The summed E-state index contributed by atoms with van der Waals surface area (Å²) in [4.78, 5) is 25.7. The second-order valence-electron chi connectivity index (χ2n) is 6.77. The lowest BCUT2D eigenvalue weighted by Crippen LogP contribution is -2.42. The molecule has 2 amide bonds. The summed E-state index contributed by atoms with van der Waals surface area (Å²) in [5, 5.41) is 12.7. The third-order valence-electron chi connectivity index (χ3n) is 3.33. The average molecular weight is 332 g/mol. The zero-order chi connectivity index (χ0) is 18.3. The van der Waals surface area contributed by atoms with Crippen LogP contribution in [-0.2, 0) is 11.3 Å². The van der Waals surface area contributed by atoms with E-state index in [4.69, 9.17) is 0 Å². The Hall–Kier alpha value is -2.14. The zero-order valence-corrected chi connectivity index (χ0v) is 15.2. The normalized spacial score (nSPS) is 10.9. The fourth-order valence-corrected chi connectivity index (χ4v) is 2.24. The highest BCUT2D eigenvalue weighted by atomic mass is 16.3. The molecular weight excluding hydrogens is 304 g/mol. The van der Waals surface area contributed by atoms with Gasteiger partial charge in [0.2, 0.25) is 5.91 Å². The predicted octanol–water partition coefficient (Wildman–Crippen LogP) is 2.50. The number of allylic oxidation sites excluding steroid dienone is 1. The minimum absolute atomic E-state index is 0.111. The Morgan fingerprint density at radius 2 is 1.79 bits per heavy atom. The van der Waals surface area contributed by atoms with Crippen LogP contribution in [0.1, 0.15) is 50.5 Å². The highest BCUT2D eigenvalue weighted by Crippen LogP contribution is 2.11. The van der Waals surface area contributed by atoms with E-state index >= 15 is 0 Å². The molecule has 1 aromatic carbocycles. The van der Waals surface area contributed by atoms with Crippen LogP contribution in [0, 0.1) is 0 Å². The topological polar surface area (TPSA) is 69.6 Å². The van der Waals surface area contributed by atoms with Gasteiger partial charge in [-0.25, -0.2) is 0 Å². The fraction of sp³-hybridized carbons (Fsp3) is 0.474. The highest BCUT2D eigenvalue weighted by Gasteiger charge is 2.22. The molecule has 0 atom stereocenters. The molecule has 0 radical (unpaired) electrons. The number of rotatable bonds is 7. The van der Waals surface area contributed by atoms with Crippen molar-refractivity contribution in [2.45, 2.75) is 46.8 Å². The molecule has 0 unspecified atom stereocenters. The van der Waals surface area contributed by atoms with Crippen LogP contribution in [-0.4, -0.2) is 40.5 Å². The van der Waals surface area contributed by atoms with Crippen molar-refractivity contribution in [2.24, 2.45) is 0 Å². The molecule has 0 saturated heterocycles. The largest absolute Gasteiger partial charge is 0.389 e. The van der Waals surface area contributed by atoms with E-state index in [0.29, 0.717) is 18.7 Å². The van der Waals surface area contributed by atoms with E-state index in [2.05, 4.69) is 5.32 Å². The number of nitrogens with one attached hydrogen (secondary N) is 1. The minimum Gasteiger partial charge on any atom is -0.389 e. The third-order valence-corrected chi connectivity index (χ3v) is 3.33. The number of nitrogens with zero attached hydrogens (tertiary/aromatic N) is 1. The standard InChI is InChI=1S/C19H28N2O3/c1-6-21(13-19(4,5)24)18(23)16-9-7-15(8-10-16)12-20-17(22)11-14(2)3/h7-11,24H,6,12-13H2,1-5H3,(H,20,22). The number of hydrogen-bond donors (Lipinski definition) is 2. The molecular formula is C19H28N2O3. The lowest BCUT2D eigenvalue weighted by molar-refractivity contribution is -0.116. The van der Waals surface area contributed by atoms with Crippen molar-refractivity contribution in [1.29, 1.82) is 0 Å². The predicted molar refractivity (Wildman–Crippen MR) is 95.6 cm³/mol. The molecule has 0 fully saturated rings. The molecule has 5 nitrogen and oxygen atoms in total. The van der Waals surface area contributed by atoms with E-state index in [1.54, 1.807) is 37.0 Å². The molecule has 2 N–H and O–H groups in total. The first-order valence-electron chi connectivity index (χ1n) is 8.15. The number of aliphatic hydroxyl groups is 1. The number of carbonyl (C=O) groups excluding carboxylic acids is 2. The maximum atomic E-state index is 12.5. The Bertz CT molecular complexity index is 594. The molecule has 0 aliphatic heterocycles. The summed E-state index contributed by atoms with van der Waals surface area (Å²) in [7, 11) is 0. The maximum absolute atomic E-state index is 12.5. The molecule has 0 aromatic heterocycles. The first-order chi connectivity index (χ1) is 11.1. The SMILES string of the molecule is CCN(CC(C)(C)O)C(=O)c1ccc(CNC(=O)C=C(C)C)cc1. The summed E-state index contributed by atoms with van der Waals surface area (Å²) >= 11 is 0. The molecule has 1 rings (SSSR count). The van der Waals surface area contributed by atoms with E-state index in [-0.39, 0.29) is 18.4 Å². The summed E-state index contributed by atoms with van der Waals surface area (Å²) in [6, 6.07) is 7.15. The number of benzene rings is 1. The molecule has 0 aliphatic carbocycles. The van der Waals surface area contributed by atoms with Crippen molar-refractivity contribution in [2.75, 3.05) is 13.1 Å². The lowest BCUT2D eigenvalue weighted by Gasteiger charge is -2.28.